The van der Waals surface area contributed by atoms with Crippen LogP contribution in [0.15, 0.2) is 16.9 Å². The van der Waals surface area contributed by atoms with Crippen LogP contribution in [-0.4, -0.2) is 34.2 Å². The molecule has 1 aromatic heterocycles. The second-order valence-corrected chi connectivity index (χ2v) is 4.49. The Balaban J connectivity index is 2.42. The summed E-state index contributed by atoms with van der Waals surface area (Å²) >= 11 is 3.26. The monoisotopic (exact) mass is 287 g/mol. The minimum atomic E-state index is -0.461. The summed E-state index contributed by atoms with van der Waals surface area (Å²) in [6.07, 6.45) is 2.96. The molecular formula is C9H10BrN3O3. The molecule has 0 spiro atoms. The molecule has 1 aliphatic heterocycles. The first-order valence-electron chi connectivity index (χ1n) is 4.80. The fourth-order valence-electron chi connectivity index (χ4n) is 1.81. The maximum atomic E-state index is 10.9. The number of halogens is 1. The van der Waals surface area contributed by atoms with E-state index in [1.807, 2.05) is 0 Å². The van der Waals surface area contributed by atoms with Gasteiger partial charge in [0.2, 0.25) is 0 Å². The Kier molecular flexibility index (Phi) is 3.06. The van der Waals surface area contributed by atoms with Crippen LogP contribution in [0.25, 0.3) is 0 Å². The van der Waals surface area contributed by atoms with Crippen LogP contribution in [-0.2, 0) is 0 Å². The van der Waals surface area contributed by atoms with E-state index >= 15 is 0 Å². The number of rotatable bonds is 2. The Hall–Kier alpha value is -1.21. The number of aliphatic hydroxyl groups is 1. The number of nitrogens with zero attached hydrogens (tertiary/aromatic N) is 3. The fraction of sp³-hybridized carbons (Fsp3) is 0.444. The Labute approximate surface area is 100 Å². The zero-order valence-electron chi connectivity index (χ0n) is 8.34. The predicted octanol–water partition coefficient (Wildman–Crippen LogP) is 1.32. The smallest absolute Gasteiger partial charge is 0.311 e. The molecule has 0 radical (unpaired) electrons. The van der Waals surface area contributed by atoms with Crippen molar-refractivity contribution in [1.82, 2.24) is 4.98 Å². The average molecular weight is 288 g/mol. The third-order valence-electron chi connectivity index (χ3n) is 2.53. The molecule has 1 N–H and O–H groups in total. The van der Waals surface area contributed by atoms with E-state index in [0.717, 1.165) is 0 Å². The van der Waals surface area contributed by atoms with Gasteiger partial charge in [0.15, 0.2) is 0 Å². The van der Waals surface area contributed by atoms with Crippen LogP contribution >= 0.6 is 15.9 Å². The lowest BCUT2D eigenvalue weighted by atomic mass is 10.3. The van der Waals surface area contributed by atoms with Gasteiger partial charge in [0, 0.05) is 19.3 Å². The van der Waals surface area contributed by atoms with E-state index in [4.69, 9.17) is 0 Å². The third kappa shape index (κ3) is 2.00. The topological polar surface area (TPSA) is 79.5 Å². The van der Waals surface area contributed by atoms with Crippen molar-refractivity contribution in [2.75, 3.05) is 18.0 Å². The summed E-state index contributed by atoms with van der Waals surface area (Å²) in [4.78, 5) is 16.0. The summed E-state index contributed by atoms with van der Waals surface area (Å²) in [5.41, 5.74) is 0.458. The number of hydrogen-bond donors (Lipinski definition) is 1. The van der Waals surface area contributed by atoms with Crippen molar-refractivity contribution in [2.24, 2.45) is 0 Å². The van der Waals surface area contributed by atoms with Gasteiger partial charge in [-0.3, -0.25) is 15.1 Å². The van der Waals surface area contributed by atoms with Crippen LogP contribution in [0.3, 0.4) is 0 Å². The van der Waals surface area contributed by atoms with Crippen LogP contribution in [0.1, 0.15) is 6.42 Å². The SMILES string of the molecule is O=[N+]([O-])c1cncc(Br)c1N1CC[C@@H](O)C1. The summed E-state index contributed by atoms with van der Waals surface area (Å²) in [7, 11) is 0. The van der Waals surface area contributed by atoms with Gasteiger partial charge in [0.25, 0.3) is 0 Å². The first kappa shape index (κ1) is 11.3. The Morgan fingerprint density at radius 1 is 1.62 bits per heavy atom. The molecule has 1 aromatic rings. The lowest BCUT2D eigenvalue weighted by molar-refractivity contribution is -0.384. The molecule has 16 heavy (non-hydrogen) atoms. The molecule has 0 aromatic carbocycles. The first-order chi connectivity index (χ1) is 7.59. The lowest BCUT2D eigenvalue weighted by Gasteiger charge is -2.18. The van der Waals surface area contributed by atoms with Gasteiger partial charge >= 0.3 is 5.69 Å². The number of hydrogen-bond acceptors (Lipinski definition) is 5. The maximum Gasteiger partial charge on any atom is 0.311 e. The van der Waals surface area contributed by atoms with Crippen molar-refractivity contribution < 1.29 is 10.0 Å². The number of aliphatic hydroxyl groups excluding tert-OH is 1. The van der Waals surface area contributed by atoms with Crippen molar-refractivity contribution in [2.45, 2.75) is 12.5 Å². The molecule has 86 valence electrons. The molecule has 0 aliphatic carbocycles. The molecule has 2 heterocycles. The number of β-amino-alcohol motifs (C(OH)–C–C–N with tert-alkyl or cyclic N) is 1. The highest BCUT2D eigenvalue weighted by Crippen LogP contribution is 2.36. The normalized spacial score (nSPS) is 20.1. The molecular weight excluding hydrogens is 278 g/mol. The van der Waals surface area contributed by atoms with Gasteiger partial charge in [-0.05, 0) is 22.4 Å². The standard InChI is InChI=1S/C9H10BrN3O3/c10-7-3-11-4-8(13(15)16)9(7)12-2-1-6(14)5-12/h3-4,6,14H,1-2,5H2/t6-/m1/s1. The van der Waals surface area contributed by atoms with Gasteiger partial charge in [-0.15, -0.1) is 0 Å². The lowest BCUT2D eigenvalue weighted by Crippen LogP contribution is -2.22. The number of aromatic nitrogens is 1. The molecule has 1 saturated heterocycles. The minimum Gasteiger partial charge on any atom is -0.391 e. The molecule has 0 unspecified atom stereocenters. The van der Waals surface area contributed by atoms with Gasteiger partial charge in [-0.1, -0.05) is 0 Å². The first-order valence-corrected chi connectivity index (χ1v) is 5.60. The van der Waals surface area contributed by atoms with Crippen molar-refractivity contribution in [3.05, 3.63) is 27.0 Å². The zero-order valence-corrected chi connectivity index (χ0v) is 9.92. The largest absolute Gasteiger partial charge is 0.391 e. The van der Waals surface area contributed by atoms with Gasteiger partial charge in [0.05, 0.1) is 15.5 Å². The second kappa shape index (κ2) is 4.34. The number of nitro groups is 1. The van der Waals surface area contributed by atoms with E-state index < -0.39 is 11.0 Å². The minimum absolute atomic E-state index is 0.0384. The van der Waals surface area contributed by atoms with Gasteiger partial charge in [-0.2, -0.15) is 0 Å². The summed E-state index contributed by atoms with van der Waals surface area (Å²) < 4.78 is 0.579. The molecule has 6 nitrogen and oxygen atoms in total. The van der Waals surface area contributed by atoms with Crippen molar-refractivity contribution >= 4 is 27.3 Å². The van der Waals surface area contributed by atoms with E-state index in [-0.39, 0.29) is 5.69 Å². The highest BCUT2D eigenvalue weighted by Gasteiger charge is 2.28. The predicted molar refractivity (Wildman–Crippen MR) is 61.4 cm³/mol. The van der Waals surface area contributed by atoms with E-state index in [9.17, 15) is 15.2 Å². The molecule has 0 amide bonds. The van der Waals surface area contributed by atoms with Gasteiger partial charge in [-0.25, -0.2) is 0 Å². The van der Waals surface area contributed by atoms with Crippen LogP contribution in [0.4, 0.5) is 11.4 Å². The Morgan fingerprint density at radius 2 is 2.38 bits per heavy atom. The second-order valence-electron chi connectivity index (χ2n) is 3.63. The highest BCUT2D eigenvalue weighted by molar-refractivity contribution is 9.10. The van der Waals surface area contributed by atoms with E-state index in [0.29, 0.717) is 29.7 Å². The molecule has 7 heteroatoms. The Morgan fingerprint density at radius 3 is 2.94 bits per heavy atom. The molecule has 0 saturated carbocycles. The van der Waals surface area contributed by atoms with E-state index in [2.05, 4.69) is 20.9 Å². The van der Waals surface area contributed by atoms with Crippen LogP contribution in [0.2, 0.25) is 0 Å². The van der Waals surface area contributed by atoms with Gasteiger partial charge in [0.1, 0.15) is 11.9 Å². The van der Waals surface area contributed by atoms with Crippen molar-refractivity contribution in [1.29, 1.82) is 0 Å². The summed E-state index contributed by atoms with van der Waals surface area (Å²) in [6, 6.07) is 0. The van der Waals surface area contributed by atoms with E-state index in [1.165, 1.54) is 12.4 Å². The van der Waals surface area contributed by atoms with E-state index in [1.54, 1.807) is 4.90 Å². The van der Waals surface area contributed by atoms with Crippen LogP contribution < -0.4 is 4.90 Å². The molecule has 1 aliphatic rings. The fourth-order valence-corrected chi connectivity index (χ4v) is 2.38. The number of anilines is 1. The molecule has 0 bridgehead atoms. The summed E-state index contributed by atoms with van der Waals surface area (Å²) in [5, 5.41) is 20.3. The summed E-state index contributed by atoms with van der Waals surface area (Å²) in [6.45, 7) is 1.04. The quantitative estimate of drug-likeness (QED) is 0.656. The van der Waals surface area contributed by atoms with Crippen LogP contribution in [0.5, 0.6) is 0 Å². The summed E-state index contributed by atoms with van der Waals surface area (Å²) in [5.74, 6) is 0. The van der Waals surface area contributed by atoms with Crippen molar-refractivity contribution in [3.63, 3.8) is 0 Å². The highest BCUT2D eigenvalue weighted by atomic mass is 79.9. The van der Waals surface area contributed by atoms with Crippen molar-refractivity contribution in [3.8, 4) is 0 Å². The molecule has 2 rings (SSSR count). The third-order valence-corrected chi connectivity index (χ3v) is 3.11. The average Bonchev–Trinajstić information content (AvgIpc) is 2.64. The van der Waals surface area contributed by atoms with Crippen LogP contribution in [0, 0.1) is 10.1 Å². The zero-order chi connectivity index (χ0) is 11.7. The number of pyridine rings is 1. The Bertz CT molecular complexity index is 426. The van der Waals surface area contributed by atoms with Gasteiger partial charge < -0.3 is 10.0 Å². The maximum absolute atomic E-state index is 10.9. The molecule has 1 fully saturated rings. The molecule has 1 atom stereocenters.